The van der Waals surface area contributed by atoms with E-state index in [0.717, 1.165) is 28.5 Å². The molecule has 1 amide bonds. The van der Waals surface area contributed by atoms with Gasteiger partial charge in [-0.25, -0.2) is 9.97 Å². The van der Waals surface area contributed by atoms with E-state index in [4.69, 9.17) is 0 Å². The second-order valence-electron chi connectivity index (χ2n) is 6.11. The summed E-state index contributed by atoms with van der Waals surface area (Å²) >= 11 is 0. The molecule has 2 heterocycles. The number of hydrogen-bond acceptors (Lipinski definition) is 4. The lowest BCUT2D eigenvalue weighted by Gasteiger charge is -2.10. The van der Waals surface area contributed by atoms with Crippen molar-refractivity contribution in [1.82, 2.24) is 19.5 Å². The van der Waals surface area contributed by atoms with Gasteiger partial charge in [0, 0.05) is 17.1 Å². The summed E-state index contributed by atoms with van der Waals surface area (Å²) in [5.74, 6) is -0.254. The van der Waals surface area contributed by atoms with Gasteiger partial charge in [-0.3, -0.25) is 9.78 Å². The molecule has 0 aliphatic rings. The summed E-state index contributed by atoms with van der Waals surface area (Å²) in [6.45, 7) is 9.53. The van der Waals surface area contributed by atoms with E-state index in [9.17, 15) is 4.79 Å². The first-order chi connectivity index (χ1) is 11.9. The van der Waals surface area contributed by atoms with Gasteiger partial charge in [-0.1, -0.05) is 0 Å². The van der Waals surface area contributed by atoms with Crippen molar-refractivity contribution in [3.8, 4) is 5.69 Å². The molecule has 0 atom stereocenters. The van der Waals surface area contributed by atoms with Crippen molar-refractivity contribution in [1.29, 1.82) is 0 Å². The van der Waals surface area contributed by atoms with E-state index in [1.807, 2.05) is 56.5 Å². The van der Waals surface area contributed by atoms with Crippen molar-refractivity contribution in [2.45, 2.75) is 34.6 Å². The van der Waals surface area contributed by atoms with Crippen LogP contribution in [0.25, 0.3) is 5.69 Å². The lowest BCUT2D eigenvalue weighted by atomic mass is 10.2. The van der Waals surface area contributed by atoms with E-state index in [1.165, 1.54) is 0 Å². The summed E-state index contributed by atoms with van der Waals surface area (Å²) in [6, 6.07) is 7.63. The second-order valence-corrected chi connectivity index (χ2v) is 6.11. The highest BCUT2D eigenvalue weighted by atomic mass is 16.1. The van der Waals surface area contributed by atoms with Crippen LogP contribution in [0.2, 0.25) is 0 Å². The van der Waals surface area contributed by atoms with Crippen LogP contribution >= 0.6 is 0 Å². The number of anilines is 1. The number of rotatable bonds is 3. The van der Waals surface area contributed by atoms with Gasteiger partial charge in [-0.2, -0.15) is 0 Å². The second kappa shape index (κ2) is 6.47. The third-order valence-corrected chi connectivity index (χ3v) is 4.35. The van der Waals surface area contributed by atoms with Crippen molar-refractivity contribution < 1.29 is 4.79 Å². The number of benzene rings is 1. The van der Waals surface area contributed by atoms with Crippen molar-refractivity contribution >= 4 is 11.6 Å². The standard InChI is InChI=1S/C19H21N5O/c1-11-12(2)22-18(14(4)21-11)19(25)23-16-6-8-17(9-7-16)24-10-20-13(3)15(24)5/h6-10H,1-5H3,(H,23,25). The molecular weight excluding hydrogens is 314 g/mol. The highest BCUT2D eigenvalue weighted by Gasteiger charge is 2.14. The average Bonchev–Trinajstić information content (AvgIpc) is 2.91. The summed E-state index contributed by atoms with van der Waals surface area (Å²) in [5, 5.41) is 2.88. The van der Waals surface area contributed by atoms with Crippen LogP contribution in [0.4, 0.5) is 5.69 Å². The minimum absolute atomic E-state index is 0.254. The first-order valence-corrected chi connectivity index (χ1v) is 8.11. The van der Waals surface area contributed by atoms with Crippen LogP contribution in [-0.4, -0.2) is 25.4 Å². The summed E-state index contributed by atoms with van der Waals surface area (Å²) in [5.41, 5.74) is 6.39. The summed E-state index contributed by atoms with van der Waals surface area (Å²) in [4.78, 5) is 25.5. The van der Waals surface area contributed by atoms with Crippen LogP contribution in [0.15, 0.2) is 30.6 Å². The lowest BCUT2D eigenvalue weighted by molar-refractivity contribution is 0.102. The predicted molar refractivity (Wildman–Crippen MR) is 97.2 cm³/mol. The Bertz CT molecular complexity index is 941. The van der Waals surface area contributed by atoms with Crippen molar-refractivity contribution in [2.75, 3.05) is 5.32 Å². The first kappa shape index (κ1) is 16.8. The maximum absolute atomic E-state index is 12.5. The van der Waals surface area contributed by atoms with E-state index in [-0.39, 0.29) is 5.91 Å². The Morgan fingerprint density at radius 1 is 0.880 bits per heavy atom. The number of nitrogens with zero attached hydrogens (tertiary/aromatic N) is 4. The fourth-order valence-electron chi connectivity index (χ4n) is 2.58. The molecule has 25 heavy (non-hydrogen) atoms. The summed E-state index contributed by atoms with van der Waals surface area (Å²) < 4.78 is 2.01. The molecule has 0 aliphatic carbocycles. The topological polar surface area (TPSA) is 72.7 Å². The van der Waals surface area contributed by atoms with Crippen LogP contribution in [0.1, 0.15) is 39.0 Å². The molecule has 1 aromatic carbocycles. The SMILES string of the molecule is Cc1nc(C)c(C(=O)Nc2ccc(-n3cnc(C)c3C)cc2)nc1C. The molecule has 128 valence electrons. The van der Waals surface area contributed by atoms with Gasteiger partial charge in [-0.05, 0) is 58.9 Å². The summed E-state index contributed by atoms with van der Waals surface area (Å²) in [6.07, 6.45) is 1.80. The first-order valence-electron chi connectivity index (χ1n) is 8.11. The Morgan fingerprint density at radius 2 is 1.52 bits per heavy atom. The third-order valence-electron chi connectivity index (χ3n) is 4.35. The Morgan fingerprint density at radius 3 is 2.12 bits per heavy atom. The largest absolute Gasteiger partial charge is 0.321 e. The fraction of sp³-hybridized carbons (Fsp3) is 0.263. The Hall–Kier alpha value is -3.02. The predicted octanol–water partition coefficient (Wildman–Crippen LogP) is 3.46. The monoisotopic (exact) mass is 335 g/mol. The van der Waals surface area contributed by atoms with Gasteiger partial charge in [0.15, 0.2) is 0 Å². The number of amides is 1. The Labute approximate surface area is 147 Å². The molecule has 1 N–H and O–H groups in total. The fourth-order valence-corrected chi connectivity index (χ4v) is 2.58. The normalized spacial score (nSPS) is 10.8. The maximum Gasteiger partial charge on any atom is 0.276 e. The maximum atomic E-state index is 12.5. The average molecular weight is 335 g/mol. The number of aromatic nitrogens is 4. The number of imidazole rings is 1. The zero-order valence-corrected chi connectivity index (χ0v) is 15.1. The molecule has 0 saturated carbocycles. The van der Waals surface area contributed by atoms with Crippen molar-refractivity contribution in [3.63, 3.8) is 0 Å². The molecule has 6 nitrogen and oxygen atoms in total. The van der Waals surface area contributed by atoms with Crippen LogP contribution in [0.5, 0.6) is 0 Å². The number of nitrogens with one attached hydrogen (secondary N) is 1. The Balaban J connectivity index is 1.81. The number of carbonyl (C=O) groups is 1. The molecule has 0 fully saturated rings. The molecule has 2 aromatic heterocycles. The molecule has 3 aromatic rings. The van der Waals surface area contributed by atoms with Crippen LogP contribution in [-0.2, 0) is 0 Å². The molecule has 6 heteroatoms. The van der Waals surface area contributed by atoms with Gasteiger partial charge in [0.25, 0.3) is 5.91 Å². The van der Waals surface area contributed by atoms with Crippen molar-refractivity contribution in [2.24, 2.45) is 0 Å². The van der Waals surface area contributed by atoms with Gasteiger partial charge >= 0.3 is 0 Å². The van der Waals surface area contributed by atoms with E-state index >= 15 is 0 Å². The molecule has 0 radical (unpaired) electrons. The lowest BCUT2D eigenvalue weighted by Crippen LogP contribution is -2.17. The van der Waals surface area contributed by atoms with E-state index in [0.29, 0.717) is 17.1 Å². The number of carbonyl (C=O) groups excluding carboxylic acids is 1. The quantitative estimate of drug-likeness (QED) is 0.795. The molecule has 3 rings (SSSR count). The van der Waals surface area contributed by atoms with Gasteiger partial charge in [0.05, 0.1) is 29.1 Å². The van der Waals surface area contributed by atoms with Gasteiger partial charge in [0.2, 0.25) is 0 Å². The number of aryl methyl sites for hydroxylation is 4. The zero-order chi connectivity index (χ0) is 18.1. The smallest absolute Gasteiger partial charge is 0.276 e. The highest BCUT2D eigenvalue weighted by molar-refractivity contribution is 6.03. The van der Waals surface area contributed by atoms with E-state index < -0.39 is 0 Å². The van der Waals surface area contributed by atoms with Gasteiger partial charge in [0.1, 0.15) is 5.69 Å². The molecule has 0 bridgehead atoms. The molecule has 0 unspecified atom stereocenters. The highest BCUT2D eigenvalue weighted by Crippen LogP contribution is 2.17. The number of hydrogen-bond donors (Lipinski definition) is 1. The zero-order valence-electron chi connectivity index (χ0n) is 15.1. The minimum Gasteiger partial charge on any atom is -0.321 e. The minimum atomic E-state index is -0.254. The molecule has 0 saturated heterocycles. The Kier molecular flexibility index (Phi) is 4.35. The van der Waals surface area contributed by atoms with Crippen LogP contribution < -0.4 is 5.32 Å². The van der Waals surface area contributed by atoms with Crippen molar-refractivity contribution in [3.05, 3.63) is 64.8 Å². The summed E-state index contributed by atoms with van der Waals surface area (Å²) in [7, 11) is 0. The van der Waals surface area contributed by atoms with Gasteiger partial charge < -0.3 is 9.88 Å². The van der Waals surface area contributed by atoms with Gasteiger partial charge in [-0.15, -0.1) is 0 Å². The molecule has 0 spiro atoms. The van der Waals surface area contributed by atoms with Crippen LogP contribution in [0.3, 0.4) is 0 Å². The molecular formula is C19H21N5O. The molecule has 0 aliphatic heterocycles. The third kappa shape index (κ3) is 3.28. The van der Waals surface area contributed by atoms with E-state index in [2.05, 4.69) is 20.3 Å². The van der Waals surface area contributed by atoms with E-state index in [1.54, 1.807) is 13.3 Å². The van der Waals surface area contributed by atoms with Crippen LogP contribution in [0, 0.1) is 34.6 Å².